The fourth-order valence-corrected chi connectivity index (χ4v) is 3.44. The van der Waals surface area contributed by atoms with Crippen molar-refractivity contribution in [2.24, 2.45) is 5.41 Å². The second kappa shape index (κ2) is 8.01. The molecule has 0 fully saturated rings. The zero-order chi connectivity index (χ0) is 19.4. The van der Waals surface area contributed by atoms with E-state index in [0.717, 1.165) is 11.1 Å². The van der Waals surface area contributed by atoms with Gasteiger partial charge in [0.1, 0.15) is 6.61 Å². The maximum Gasteiger partial charge on any atom is 0.311 e. The average Bonchev–Trinajstić information content (AvgIpc) is 2.58. The molecular formula is C20H25NO4S. The van der Waals surface area contributed by atoms with E-state index < -0.39 is 21.5 Å². The highest BCUT2D eigenvalue weighted by atomic mass is 32.2. The van der Waals surface area contributed by atoms with Crippen LogP contribution in [0.5, 0.6) is 0 Å². The summed E-state index contributed by atoms with van der Waals surface area (Å²) in [5.74, 6) is -0.382. The summed E-state index contributed by atoms with van der Waals surface area (Å²) in [6.45, 7) is 7.07. The Kier molecular flexibility index (Phi) is 6.21. The third-order valence-electron chi connectivity index (χ3n) is 3.82. The van der Waals surface area contributed by atoms with Crippen LogP contribution in [0.1, 0.15) is 37.9 Å². The molecule has 0 spiro atoms. The summed E-state index contributed by atoms with van der Waals surface area (Å²) in [6, 6.07) is 15.0. The fraction of sp³-hybridized carbons (Fsp3) is 0.350. The number of hydrogen-bond acceptors (Lipinski definition) is 4. The number of carbonyl (C=O) groups is 1. The van der Waals surface area contributed by atoms with Gasteiger partial charge in [0.15, 0.2) is 0 Å². The maximum atomic E-state index is 12.7. The Labute approximate surface area is 155 Å². The first kappa shape index (κ1) is 20.1. The van der Waals surface area contributed by atoms with Gasteiger partial charge in [-0.1, -0.05) is 48.0 Å². The van der Waals surface area contributed by atoms with E-state index in [-0.39, 0.29) is 17.5 Å². The van der Waals surface area contributed by atoms with E-state index in [2.05, 4.69) is 4.72 Å². The molecule has 2 aromatic carbocycles. The van der Waals surface area contributed by atoms with E-state index in [1.165, 1.54) is 0 Å². The molecule has 2 aromatic rings. The molecule has 140 valence electrons. The Morgan fingerprint density at radius 2 is 1.62 bits per heavy atom. The molecule has 26 heavy (non-hydrogen) atoms. The molecule has 2 rings (SSSR count). The highest BCUT2D eigenvalue weighted by molar-refractivity contribution is 7.89. The minimum atomic E-state index is -3.75. The summed E-state index contributed by atoms with van der Waals surface area (Å²) in [5.41, 5.74) is 1.05. The van der Waals surface area contributed by atoms with Gasteiger partial charge in [-0.2, -0.15) is 0 Å². The third-order valence-corrected chi connectivity index (χ3v) is 5.31. The van der Waals surface area contributed by atoms with Crippen molar-refractivity contribution >= 4 is 16.0 Å². The molecule has 0 aliphatic heterocycles. The van der Waals surface area contributed by atoms with E-state index in [1.54, 1.807) is 57.2 Å². The molecule has 1 N–H and O–H groups in total. The van der Waals surface area contributed by atoms with Crippen LogP contribution in [0, 0.1) is 12.3 Å². The Bertz CT molecular complexity index is 838. The quantitative estimate of drug-likeness (QED) is 0.783. The first-order valence-corrected chi connectivity index (χ1v) is 9.89. The molecule has 1 atom stereocenters. The lowest BCUT2D eigenvalue weighted by atomic mass is 9.97. The minimum Gasteiger partial charge on any atom is -0.463 e. The van der Waals surface area contributed by atoms with Crippen molar-refractivity contribution in [3.05, 3.63) is 65.7 Å². The monoisotopic (exact) mass is 375 g/mol. The van der Waals surface area contributed by atoms with Gasteiger partial charge in [0.05, 0.1) is 16.4 Å². The van der Waals surface area contributed by atoms with E-state index in [0.29, 0.717) is 0 Å². The largest absolute Gasteiger partial charge is 0.463 e. The molecule has 6 heteroatoms. The van der Waals surface area contributed by atoms with Crippen molar-refractivity contribution in [1.29, 1.82) is 0 Å². The van der Waals surface area contributed by atoms with Crippen molar-refractivity contribution in [2.45, 2.75) is 38.6 Å². The summed E-state index contributed by atoms with van der Waals surface area (Å²) in [5, 5.41) is 0. The SMILES string of the molecule is Cc1ccc(S(=O)(=O)N[C@@H](COC(=O)C(C)(C)C)c2ccccc2)cc1. The number of hydrogen-bond donors (Lipinski definition) is 1. The number of benzene rings is 2. The number of sulfonamides is 1. The molecular weight excluding hydrogens is 350 g/mol. The van der Waals surface area contributed by atoms with Crippen LogP contribution in [0.2, 0.25) is 0 Å². The van der Waals surface area contributed by atoms with Crippen LogP contribution in [0.4, 0.5) is 0 Å². The molecule has 0 heterocycles. The van der Waals surface area contributed by atoms with E-state index in [9.17, 15) is 13.2 Å². The maximum absolute atomic E-state index is 12.7. The van der Waals surface area contributed by atoms with Crippen molar-refractivity contribution in [3.8, 4) is 0 Å². The van der Waals surface area contributed by atoms with E-state index in [4.69, 9.17) is 4.74 Å². The second-order valence-corrected chi connectivity index (χ2v) is 8.96. The van der Waals surface area contributed by atoms with Gasteiger partial charge in [-0.3, -0.25) is 4.79 Å². The number of rotatable bonds is 6. The summed E-state index contributed by atoms with van der Waals surface area (Å²) in [4.78, 5) is 12.2. The predicted octanol–water partition coefficient (Wildman–Crippen LogP) is 3.60. The fourth-order valence-electron chi connectivity index (χ4n) is 2.23. The molecule has 0 unspecified atom stereocenters. The lowest BCUT2D eigenvalue weighted by molar-refractivity contribution is -0.153. The van der Waals surface area contributed by atoms with Crippen LogP contribution in [-0.2, 0) is 19.6 Å². The summed E-state index contributed by atoms with van der Waals surface area (Å²) < 4.78 is 33.4. The Morgan fingerprint density at radius 1 is 1.04 bits per heavy atom. The first-order valence-electron chi connectivity index (χ1n) is 8.41. The van der Waals surface area contributed by atoms with Gasteiger partial charge < -0.3 is 4.74 Å². The molecule has 0 aromatic heterocycles. The second-order valence-electron chi connectivity index (χ2n) is 7.25. The van der Waals surface area contributed by atoms with Crippen molar-refractivity contribution in [3.63, 3.8) is 0 Å². The molecule has 0 bridgehead atoms. The zero-order valence-electron chi connectivity index (χ0n) is 15.5. The Balaban J connectivity index is 2.24. The molecule has 0 saturated heterocycles. The van der Waals surface area contributed by atoms with Crippen LogP contribution in [0.25, 0.3) is 0 Å². The van der Waals surface area contributed by atoms with Crippen LogP contribution in [0.15, 0.2) is 59.5 Å². The molecule has 5 nitrogen and oxygen atoms in total. The number of ether oxygens (including phenoxy) is 1. The number of aryl methyl sites for hydroxylation is 1. The van der Waals surface area contributed by atoms with Crippen LogP contribution in [0.3, 0.4) is 0 Å². The lowest BCUT2D eigenvalue weighted by Crippen LogP contribution is -2.34. The van der Waals surface area contributed by atoms with Crippen molar-refractivity contribution in [1.82, 2.24) is 4.72 Å². The van der Waals surface area contributed by atoms with Crippen LogP contribution < -0.4 is 4.72 Å². The highest BCUT2D eigenvalue weighted by Gasteiger charge is 2.27. The van der Waals surface area contributed by atoms with E-state index >= 15 is 0 Å². The summed E-state index contributed by atoms with van der Waals surface area (Å²) in [6.07, 6.45) is 0. The predicted molar refractivity (Wildman–Crippen MR) is 101 cm³/mol. The van der Waals surface area contributed by atoms with Crippen LogP contribution in [-0.4, -0.2) is 21.0 Å². The summed E-state index contributed by atoms with van der Waals surface area (Å²) in [7, 11) is -3.75. The zero-order valence-corrected chi connectivity index (χ0v) is 16.3. The van der Waals surface area contributed by atoms with Gasteiger partial charge in [-0.05, 0) is 45.4 Å². The molecule has 0 radical (unpaired) electrons. The Hall–Kier alpha value is -2.18. The molecule has 0 amide bonds. The van der Waals surface area contributed by atoms with E-state index in [1.807, 2.05) is 25.1 Å². The first-order chi connectivity index (χ1) is 12.1. The number of carbonyl (C=O) groups excluding carboxylic acids is 1. The van der Waals surface area contributed by atoms with Crippen molar-refractivity contribution < 1.29 is 17.9 Å². The lowest BCUT2D eigenvalue weighted by Gasteiger charge is -2.22. The van der Waals surface area contributed by atoms with Crippen LogP contribution >= 0.6 is 0 Å². The Morgan fingerprint density at radius 3 is 2.15 bits per heavy atom. The smallest absolute Gasteiger partial charge is 0.311 e. The van der Waals surface area contributed by atoms with Gasteiger partial charge in [-0.15, -0.1) is 0 Å². The van der Waals surface area contributed by atoms with Crippen molar-refractivity contribution in [2.75, 3.05) is 6.61 Å². The average molecular weight is 375 g/mol. The van der Waals surface area contributed by atoms with Gasteiger partial charge >= 0.3 is 5.97 Å². The highest BCUT2D eigenvalue weighted by Crippen LogP contribution is 2.21. The topological polar surface area (TPSA) is 72.5 Å². The number of esters is 1. The van der Waals surface area contributed by atoms with Gasteiger partial charge in [-0.25, -0.2) is 13.1 Å². The molecule has 0 aliphatic rings. The van der Waals surface area contributed by atoms with Gasteiger partial charge in [0, 0.05) is 0 Å². The standard InChI is InChI=1S/C20H25NO4S/c1-15-10-12-17(13-11-15)26(23,24)21-18(16-8-6-5-7-9-16)14-25-19(22)20(2,3)4/h5-13,18,21H,14H2,1-4H3/t18-/m0/s1. The third kappa shape index (κ3) is 5.41. The van der Waals surface area contributed by atoms with Gasteiger partial charge in [0.25, 0.3) is 0 Å². The minimum absolute atomic E-state index is 0.0782. The molecule has 0 aliphatic carbocycles. The molecule has 0 saturated carbocycles. The normalized spacial score (nSPS) is 13.2. The van der Waals surface area contributed by atoms with Gasteiger partial charge in [0.2, 0.25) is 10.0 Å². The number of nitrogens with one attached hydrogen (secondary N) is 1. The summed E-state index contributed by atoms with van der Waals surface area (Å²) >= 11 is 0.